The largest absolute Gasteiger partial charge is 0.391 e. The molecule has 2 saturated heterocycles. The fraction of sp³-hybridized carbons (Fsp3) is 0.800. The van der Waals surface area contributed by atoms with Gasteiger partial charge in [-0.2, -0.15) is 0 Å². The Kier molecular flexibility index (Phi) is 3.44. The fourth-order valence-corrected chi connectivity index (χ4v) is 4.64. The molecule has 1 aliphatic carbocycles. The molecule has 4 nitrogen and oxygen atoms in total. The molecular formula is C15H23N3OS. The van der Waals surface area contributed by atoms with Gasteiger partial charge < -0.3 is 10.0 Å². The Balaban J connectivity index is 1.47. The predicted molar refractivity (Wildman–Crippen MR) is 81.4 cm³/mol. The molecule has 20 heavy (non-hydrogen) atoms. The summed E-state index contributed by atoms with van der Waals surface area (Å²) in [7, 11) is 0. The van der Waals surface area contributed by atoms with E-state index in [1.54, 1.807) is 11.3 Å². The smallest absolute Gasteiger partial charge is 0.185 e. The maximum atomic E-state index is 9.52. The molecule has 5 heteroatoms. The second-order valence-electron chi connectivity index (χ2n) is 6.37. The summed E-state index contributed by atoms with van der Waals surface area (Å²) in [5, 5.41) is 10.7. The molecule has 0 aromatic carbocycles. The zero-order chi connectivity index (χ0) is 13.5. The average Bonchev–Trinajstić information content (AvgIpc) is 2.92. The maximum absolute atomic E-state index is 9.52. The van der Waals surface area contributed by atoms with Gasteiger partial charge in [-0.25, -0.2) is 4.98 Å². The minimum absolute atomic E-state index is 0.160. The quantitative estimate of drug-likeness (QED) is 0.924. The van der Waals surface area contributed by atoms with Crippen molar-refractivity contribution in [2.75, 3.05) is 31.1 Å². The highest BCUT2D eigenvalue weighted by Crippen LogP contribution is 2.44. The minimum atomic E-state index is 0.160. The molecule has 3 heterocycles. The van der Waals surface area contributed by atoms with Crippen molar-refractivity contribution < 1.29 is 5.11 Å². The lowest BCUT2D eigenvalue weighted by molar-refractivity contribution is 0.260. The molecule has 0 bridgehead atoms. The third kappa shape index (κ3) is 2.36. The lowest BCUT2D eigenvalue weighted by Gasteiger charge is -2.23. The monoisotopic (exact) mass is 293 g/mol. The Labute approximate surface area is 124 Å². The molecule has 1 aromatic rings. The summed E-state index contributed by atoms with van der Waals surface area (Å²) in [6.07, 6.45) is 6.52. The highest BCUT2D eigenvalue weighted by atomic mass is 32.1. The summed E-state index contributed by atoms with van der Waals surface area (Å²) < 4.78 is 0. The van der Waals surface area contributed by atoms with E-state index in [1.807, 2.05) is 0 Å². The van der Waals surface area contributed by atoms with Crippen LogP contribution in [0.5, 0.6) is 0 Å². The lowest BCUT2D eigenvalue weighted by Crippen LogP contribution is -2.35. The van der Waals surface area contributed by atoms with Crippen molar-refractivity contribution in [3.8, 4) is 0 Å². The molecule has 1 atom stereocenters. The van der Waals surface area contributed by atoms with E-state index in [9.17, 15) is 5.11 Å². The molecule has 1 unspecified atom stereocenters. The number of thiazole rings is 1. The van der Waals surface area contributed by atoms with Crippen LogP contribution in [0.2, 0.25) is 0 Å². The van der Waals surface area contributed by atoms with Crippen LogP contribution in [0.15, 0.2) is 0 Å². The number of likely N-dealkylation sites (tertiary alicyclic amines) is 1. The molecular weight excluding hydrogens is 270 g/mol. The third-order valence-corrected chi connectivity index (χ3v) is 6.03. The van der Waals surface area contributed by atoms with Crippen LogP contribution in [0, 0.1) is 0 Å². The molecule has 0 amide bonds. The van der Waals surface area contributed by atoms with Crippen molar-refractivity contribution in [2.45, 2.75) is 50.7 Å². The summed E-state index contributed by atoms with van der Waals surface area (Å²) in [6, 6.07) is 0.725. The van der Waals surface area contributed by atoms with Crippen LogP contribution in [-0.2, 0) is 6.61 Å². The molecule has 4 rings (SSSR count). The van der Waals surface area contributed by atoms with Crippen LogP contribution in [0.3, 0.4) is 0 Å². The Hall–Kier alpha value is -0.650. The van der Waals surface area contributed by atoms with E-state index in [-0.39, 0.29) is 6.61 Å². The van der Waals surface area contributed by atoms with Gasteiger partial charge in [0.1, 0.15) is 0 Å². The normalized spacial score (nSPS) is 27.6. The predicted octanol–water partition coefficient (Wildman–Crippen LogP) is 2.19. The van der Waals surface area contributed by atoms with Crippen molar-refractivity contribution in [1.29, 1.82) is 0 Å². The summed E-state index contributed by atoms with van der Waals surface area (Å²) in [5.74, 6) is 0.638. The SMILES string of the molecule is OCc1sc(N2CCC(N3CCCC3)C2)nc1C1CC1. The van der Waals surface area contributed by atoms with Crippen molar-refractivity contribution in [2.24, 2.45) is 0 Å². The summed E-state index contributed by atoms with van der Waals surface area (Å²) >= 11 is 1.72. The molecule has 3 fully saturated rings. The molecule has 1 saturated carbocycles. The van der Waals surface area contributed by atoms with Gasteiger partial charge >= 0.3 is 0 Å². The lowest BCUT2D eigenvalue weighted by atomic mass is 10.2. The van der Waals surface area contributed by atoms with Crippen molar-refractivity contribution >= 4 is 16.5 Å². The number of aromatic nitrogens is 1. The topological polar surface area (TPSA) is 39.6 Å². The van der Waals surface area contributed by atoms with Gasteiger partial charge in [0.2, 0.25) is 0 Å². The average molecular weight is 293 g/mol. The molecule has 3 aliphatic rings. The second-order valence-corrected chi connectivity index (χ2v) is 7.43. The highest BCUT2D eigenvalue weighted by molar-refractivity contribution is 7.15. The third-order valence-electron chi connectivity index (χ3n) is 4.91. The van der Waals surface area contributed by atoms with Crippen LogP contribution in [0.25, 0.3) is 0 Å². The van der Waals surface area contributed by atoms with Gasteiger partial charge in [0.15, 0.2) is 5.13 Å². The molecule has 0 radical (unpaired) electrons. The highest BCUT2D eigenvalue weighted by Gasteiger charge is 2.33. The van der Waals surface area contributed by atoms with Gasteiger partial charge in [-0.15, -0.1) is 0 Å². The van der Waals surface area contributed by atoms with Crippen molar-refractivity contribution in [1.82, 2.24) is 9.88 Å². The molecule has 110 valence electrons. The Bertz CT molecular complexity index is 479. The summed E-state index contributed by atoms with van der Waals surface area (Å²) in [4.78, 5) is 11.1. The first-order valence-electron chi connectivity index (χ1n) is 7.94. The molecule has 2 aliphatic heterocycles. The summed E-state index contributed by atoms with van der Waals surface area (Å²) in [6.45, 7) is 4.98. The van der Waals surface area contributed by atoms with Gasteiger partial charge in [-0.3, -0.25) is 4.90 Å². The second kappa shape index (κ2) is 5.28. The Morgan fingerprint density at radius 1 is 1.15 bits per heavy atom. The van der Waals surface area contributed by atoms with Gasteiger partial charge in [-0.05, 0) is 45.2 Å². The first kappa shape index (κ1) is 13.0. The van der Waals surface area contributed by atoms with E-state index in [0.29, 0.717) is 5.92 Å². The van der Waals surface area contributed by atoms with E-state index in [2.05, 4.69) is 9.80 Å². The number of aliphatic hydroxyl groups excluding tert-OH is 1. The van der Waals surface area contributed by atoms with Crippen molar-refractivity contribution in [3.05, 3.63) is 10.6 Å². The molecule has 0 spiro atoms. The number of hydrogen-bond donors (Lipinski definition) is 1. The van der Waals surface area contributed by atoms with Crippen molar-refractivity contribution in [3.63, 3.8) is 0 Å². The zero-order valence-corrected chi connectivity index (χ0v) is 12.7. The minimum Gasteiger partial charge on any atom is -0.391 e. The van der Waals surface area contributed by atoms with Gasteiger partial charge in [0.25, 0.3) is 0 Å². The van der Waals surface area contributed by atoms with E-state index in [1.165, 1.54) is 50.9 Å². The van der Waals surface area contributed by atoms with Gasteiger partial charge in [0, 0.05) is 25.0 Å². The number of hydrogen-bond acceptors (Lipinski definition) is 5. The zero-order valence-electron chi connectivity index (χ0n) is 11.9. The van der Waals surface area contributed by atoms with Crippen LogP contribution in [-0.4, -0.2) is 47.2 Å². The molecule has 1 N–H and O–H groups in total. The maximum Gasteiger partial charge on any atom is 0.185 e. The van der Waals surface area contributed by atoms with Crippen LogP contribution in [0.1, 0.15) is 48.6 Å². The van der Waals surface area contributed by atoms with E-state index in [0.717, 1.165) is 29.1 Å². The van der Waals surface area contributed by atoms with Crippen LogP contribution in [0.4, 0.5) is 5.13 Å². The fourth-order valence-electron chi connectivity index (χ4n) is 3.60. The van der Waals surface area contributed by atoms with Gasteiger partial charge in [0.05, 0.1) is 17.2 Å². The molecule has 1 aromatic heterocycles. The standard InChI is InChI=1S/C15H23N3OS/c19-10-13-14(11-3-4-11)16-15(20-13)18-8-5-12(9-18)17-6-1-2-7-17/h11-12,19H,1-10H2. The Morgan fingerprint density at radius 3 is 2.65 bits per heavy atom. The number of anilines is 1. The van der Waals surface area contributed by atoms with E-state index >= 15 is 0 Å². The Morgan fingerprint density at radius 2 is 1.95 bits per heavy atom. The summed E-state index contributed by atoms with van der Waals surface area (Å²) in [5.41, 5.74) is 1.19. The van der Waals surface area contributed by atoms with E-state index < -0.39 is 0 Å². The van der Waals surface area contributed by atoms with E-state index in [4.69, 9.17) is 4.98 Å². The number of nitrogens with zero attached hydrogens (tertiary/aromatic N) is 3. The van der Waals surface area contributed by atoms with Crippen LogP contribution < -0.4 is 4.90 Å². The van der Waals surface area contributed by atoms with Gasteiger partial charge in [-0.1, -0.05) is 11.3 Å². The first-order valence-corrected chi connectivity index (χ1v) is 8.76. The number of aliphatic hydroxyl groups is 1. The van der Waals surface area contributed by atoms with Crippen LogP contribution >= 0.6 is 11.3 Å². The number of rotatable bonds is 4. The first-order chi connectivity index (χ1) is 9.85.